The highest BCUT2D eigenvalue weighted by Crippen LogP contribution is 2.29. The van der Waals surface area contributed by atoms with E-state index < -0.39 is 11.4 Å². The van der Waals surface area contributed by atoms with Gasteiger partial charge in [-0.2, -0.15) is 5.10 Å². The van der Waals surface area contributed by atoms with Gasteiger partial charge in [-0.15, -0.1) is 0 Å². The molecule has 9 heteroatoms. The van der Waals surface area contributed by atoms with Gasteiger partial charge in [0.05, 0.1) is 6.54 Å². The third-order valence-corrected chi connectivity index (χ3v) is 6.70. The second kappa shape index (κ2) is 8.58. The van der Waals surface area contributed by atoms with E-state index in [0.29, 0.717) is 22.9 Å². The van der Waals surface area contributed by atoms with E-state index in [1.54, 1.807) is 30.0 Å². The van der Waals surface area contributed by atoms with E-state index >= 15 is 0 Å². The highest BCUT2D eigenvalue weighted by atomic mass is 35.5. The predicted octanol–water partition coefficient (Wildman–Crippen LogP) is 3.39. The lowest BCUT2D eigenvalue weighted by molar-refractivity contribution is -0.133. The summed E-state index contributed by atoms with van der Waals surface area (Å²) in [6, 6.07) is 6.81. The Morgan fingerprint density at radius 1 is 1.25 bits per heavy atom. The minimum Gasteiger partial charge on any atom is -0.351 e. The van der Waals surface area contributed by atoms with Crippen molar-refractivity contribution in [1.29, 1.82) is 0 Å². The molecule has 1 fully saturated rings. The summed E-state index contributed by atoms with van der Waals surface area (Å²) >= 11 is 5.99. The van der Waals surface area contributed by atoms with Gasteiger partial charge in [0.15, 0.2) is 5.69 Å². The molecule has 1 aromatic carbocycles. The van der Waals surface area contributed by atoms with Gasteiger partial charge in [0, 0.05) is 29.4 Å². The Labute approximate surface area is 192 Å². The molecule has 32 heavy (non-hydrogen) atoms. The van der Waals surface area contributed by atoms with Crippen LogP contribution < -0.4 is 10.6 Å². The maximum Gasteiger partial charge on any atom is 0.276 e. The average molecular weight is 458 g/mol. The average Bonchev–Trinajstić information content (AvgIpc) is 3.40. The number of likely N-dealkylation sites (N-methyl/N-ethyl adjacent to an activating group) is 1. The van der Waals surface area contributed by atoms with Gasteiger partial charge in [-0.1, -0.05) is 24.4 Å². The first-order valence-corrected chi connectivity index (χ1v) is 11.4. The summed E-state index contributed by atoms with van der Waals surface area (Å²) in [6.07, 6.45) is 4.13. The van der Waals surface area contributed by atoms with E-state index in [1.165, 1.54) is 10.7 Å². The van der Waals surface area contributed by atoms with Crippen molar-refractivity contribution in [3.63, 3.8) is 0 Å². The largest absolute Gasteiger partial charge is 0.351 e. The SMILES string of the molecule is CCN1C(=O)c2cc(C(=O)Nc3ccc(Cl)cc3C)nn2C[C@@]1(C)C(=O)NC1CCCC1. The van der Waals surface area contributed by atoms with Crippen LogP contribution in [-0.2, 0) is 11.3 Å². The number of anilines is 1. The normalized spacial score (nSPS) is 20.9. The maximum absolute atomic E-state index is 13.2. The Bertz CT molecular complexity index is 1080. The standard InChI is InChI=1S/C23H28ClN5O3/c1-4-28-21(31)19-12-18(20(30)26-17-10-9-15(24)11-14(17)2)27-29(19)13-23(28,3)22(32)25-16-7-5-6-8-16/h9-12,16H,4-8,13H2,1-3H3,(H,25,32)(H,26,30)/t23-/m0/s1. The van der Waals surface area contributed by atoms with Gasteiger partial charge in [0.1, 0.15) is 11.2 Å². The number of hydrogen-bond donors (Lipinski definition) is 2. The number of nitrogens with zero attached hydrogens (tertiary/aromatic N) is 3. The van der Waals surface area contributed by atoms with Crippen molar-refractivity contribution in [3.05, 3.63) is 46.2 Å². The minimum atomic E-state index is -1.08. The molecule has 0 saturated heterocycles. The number of carbonyl (C=O) groups is 3. The lowest BCUT2D eigenvalue weighted by Crippen LogP contribution is -2.64. The molecule has 2 N–H and O–H groups in total. The van der Waals surface area contributed by atoms with Gasteiger partial charge < -0.3 is 15.5 Å². The number of nitrogens with one attached hydrogen (secondary N) is 2. The first-order chi connectivity index (χ1) is 15.2. The lowest BCUT2D eigenvalue weighted by Gasteiger charge is -2.43. The van der Waals surface area contributed by atoms with Crippen LogP contribution in [0.25, 0.3) is 0 Å². The molecule has 0 bridgehead atoms. The van der Waals surface area contributed by atoms with Gasteiger partial charge in [-0.3, -0.25) is 19.1 Å². The molecule has 1 aliphatic heterocycles. The lowest BCUT2D eigenvalue weighted by atomic mass is 9.94. The van der Waals surface area contributed by atoms with Crippen LogP contribution in [0.2, 0.25) is 5.02 Å². The highest BCUT2D eigenvalue weighted by molar-refractivity contribution is 6.30. The van der Waals surface area contributed by atoms with Crippen molar-refractivity contribution in [2.45, 2.75) is 64.6 Å². The van der Waals surface area contributed by atoms with Crippen LogP contribution >= 0.6 is 11.6 Å². The molecule has 2 aliphatic rings. The van der Waals surface area contributed by atoms with Crippen LogP contribution in [0, 0.1) is 6.92 Å². The van der Waals surface area contributed by atoms with Crippen molar-refractivity contribution in [2.75, 3.05) is 11.9 Å². The van der Waals surface area contributed by atoms with Gasteiger partial charge in [0.25, 0.3) is 11.8 Å². The molecule has 1 aromatic heterocycles. The predicted molar refractivity (Wildman–Crippen MR) is 122 cm³/mol. The molecule has 0 unspecified atom stereocenters. The fourth-order valence-corrected chi connectivity index (χ4v) is 4.84. The van der Waals surface area contributed by atoms with E-state index in [0.717, 1.165) is 31.2 Å². The summed E-state index contributed by atoms with van der Waals surface area (Å²) in [5, 5.41) is 10.9. The Balaban J connectivity index is 1.58. The molecule has 1 aliphatic carbocycles. The van der Waals surface area contributed by atoms with Gasteiger partial charge in [-0.25, -0.2) is 0 Å². The number of rotatable bonds is 5. The van der Waals surface area contributed by atoms with Crippen LogP contribution in [-0.4, -0.2) is 50.5 Å². The van der Waals surface area contributed by atoms with Crippen LogP contribution in [0.1, 0.15) is 66.1 Å². The monoisotopic (exact) mass is 457 g/mol. The molecule has 1 saturated carbocycles. The van der Waals surface area contributed by atoms with Crippen LogP contribution in [0.4, 0.5) is 5.69 Å². The van der Waals surface area contributed by atoms with Crippen LogP contribution in [0.5, 0.6) is 0 Å². The minimum absolute atomic E-state index is 0.124. The quantitative estimate of drug-likeness (QED) is 0.719. The third-order valence-electron chi connectivity index (χ3n) is 6.46. The van der Waals surface area contributed by atoms with Crippen molar-refractivity contribution in [1.82, 2.24) is 20.0 Å². The van der Waals surface area contributed by atoms with Gasteiger partial charge in [-0.05, 0) is 57.4 Å². The topological polar surface area (TPSA) is 96.3 Å². The molecule has 8 nitrogen and oxygen atoms in total. The number of fused-ring (bicyclic) bond motifs is 1. The molecule has 3 amide bonds. The third kappa shape index (κ3) is 3.99. The van der Waals surface area contributed by atoms with Crippen molar-refractivity contribution >= 4 is 35.0 Å². The smallest absolute Gasteiger partial charge is 0.276 e. The Morgan fingerprint density at radius 2 is 1.97 bits per heavy atom. The molecule has 170 valence electrons. The summed E-state index contributed by atoms with van der Waals surface area (Å²) < 4.78 is 1.48. The second-order valence-corrected chi connectivity index (χ2v) is 9.20. The van der Waals surface area contributed by atoms with Crippen molar-refractivity contribution in [3.8, 4) is 0 Å². The molecule has 2 aromatic rings. The molecule has 0 spiro atoms. The summed E-state index contributed by atoms with van der Waals surface area (Å²) in [5.74, 6) is -0.911. The van der Waals surface area contributed by atoms with E-state index in [1.807, 2.05) is 13.8 Å². The first kappa shape index (κ1) is 22.3. The number of amides is 3. The molecular formula is C23H28ClN5O3. The number of benzene rings is 1. The number of carbonyl (C=O) groups excluding carboxylic acids is 3. The van der Waals surface area contributed by atoms with E-state index in [4.69, 9.17) is 11.6 Å². The van der Waals surface area contributed by atoms with Crippen molar-refractivity contribution < 1.29 is 14.4 Å². The summed E-state index contributed by atoms with van der Waals surface area (Å²) in [5.41, 5.74) is 0.788. The Kier molecular flexibility index (Phi) is 5.99. The number of halogens is 1. The van der Waals surface area contributed by atoms with Crippen LogP contribution in [0.15, 0.2) is 24.3 Å². The number of aromatic nitrogens is 2. The molecular weight excluding hydrogens is 430 g/mol. The van der Waals surface area contributed by atoms with E-state index in [2.05, 4.69) is 15.7 Å². The fourth-order valence-electron chi connectivity index (χ4n) is 4.61. The summed E-state index contributed by atoms with van der Waals surface area (Å²) in [6.45, 7) is 6.02. The van der Waals surface area contributed by atoms with E-state index in [-0.39, 0.29) is 30.1 Å². The zero-order chi connectivity index (χ0) is 23.0. The first-order valence-electron chi connectivity index (χ1n) is 11.0. The molecule has 4 rings (SSSR count). The molecule has 1 atom stereocenters. The Hall–Kier alpha value is -2.87. The van der Waals surface area contributed by atoms with E-state index in [9.17, 15) is 14.4 Å². The zero-order valence-electron chi connectivity index (χ0n) is 18.6. The Morgan fingerprint density at radius 3 is 2.62 bits per heavy atom. The number of hydrogen-bond acceptors (Lipinski definition) is 4. The fraction of sp³-hybridized carbons (Fsp3) is 0.478. The zero-order valence-corrected chi connectivity index (χ0v) is 19.3. The maximum atomic E-state index is 13.2. The second-order valence-electron chi connectivity index (χ2n) is 8.76. The van der Waals surface area contributed by atoms with Gasteiger partial charge in [0.2, 0.25) is 5.91 Å². The summed E-state index contributed by atoms with van der Waals surface area (Å²) in [4.78, 5) is 40.8. The summed E-state index contributed by atoms with van der Waals surface area (Å²) in [7, 11) is 0. The van der Waals surface area contributed by atoms with Gasteiger partial charge >= 0.3 is 0 Å². The molecule has 0 radical (unpaired) electrons. The number of aryl methyl sites for hydroxylation is 1. The molecule has 2 heterocycles. The van der Waals surface area contributed by atoms with Crippen molar-refractivity contribution in [2.24, 2.45) is 0 Å². The van der Waals surface area contributed by atoms with Crippen LogP contribution in [0.3, 0.4) is 0 Å². The highest BCUT2D eigenvalue weighted by Gasteiger charge is 2.48.